The van der Waals surface area contributed by atoms with Crippen LogP contribution in [-0.4, -0.2) is 58.6 Å². The van der Waals surface area contributed by atoms with E-state index >= 15 is 0 Å². The van der Waals surface area contributed by atoms with Crippen LogP contribution < -0.4 is 5.73 Å². The Balaban J connectivity index is 1.85. The number of nitrogen functional groups attached to an aromatic ring is 1. The number of hydrogen-bond acceptors (Lipinski definition) is 8. The summed E-state index contributed by atoms with van der Waals surface area (Å²) >= 11 is 6.16. The Labute approximate surface area is 134 Å². The van der Waals surface area contributed by atoms with Gasteiger partial charge in [-0.3, -0.25) is 9.09 Å². The van der Waals surface area contributed by atoms with Crippen molar-refractivity contribution in [3.63, 3.8) is 0 Å². The highest BCUT2D eigenvalue weighted by Crippen LogP contribution is 2.40. The van der Waals surface area contributed by atoms with E-state index in [0.29, 0.717) is 11.2 Å². The van der Waals surface area contributed by atoms with Crippen LogP contribution >= 0.6 is 19.4 Å². The zero-order chi connectivity index (χ0) is 16.8. The molecule has 0 saturated carbocycles. The predicted octanol–water partition coefficient (Wildman–Crippen LogP) is -0.617. The summed E-state index contributed by atoms with van der Waals surface area (Å²) in [5.74, 6) is 0.180. The molecule has 0 aliphatic carbocycles. The van der Waals surface area contributed by atoms with E-state index in [9.17, 15) is 9.67 Å². The molecule has 1 saturated heterocycles. The van der Waals surface area contributed by atoms with Crippen LogP contribution in [0.4, 0.5) is 5.82 Å². The zero-order valence-corrected chi connectivity index (χ0v) is 13.1. The van der Waals surface area contributed by atoms with Gasteiger partial charge in [0.25, 0.3) is 0 Å². The van der Waals surface area contributed by atoms with E-state index in [-0.39, 0.29) is 5.82 Å². The lowest BCUT2D eigenvalue weighted by Gasteiger charge is -2.16. The summed E-state index contributed by atoms with van der Waals surface area (Å²) in [6.07, 6.45) is -0.457. The molecule has 4 unspecified atom stereocenters. The average molecular weight is 366 g/mol. The molecule has 0 bridgehead atoms. The maximum Gasteiger partial charge on any atom is 0.469 e. The number of nitrogens with zero attached hydrogens (tertiary/aromatic N) is 4. The lowest BCUT2D eigenvalue weighted by molar-refractivity contribution is -0.0423. The first kappa shape index (κ1) is 16.5. The fraction of sp³-hybridized carbons (Fsp3) is 0.500. The fourth-order valence-corrected chi connectivity index (χ4v) is 2.98. The summed E-state index contributed by atoms with van der Waals surface area (Å²) in [6, 6.07) is 0. The third-order valence-electron chi connectivity index (χ3n) is 3.36. The molecule has 13 heteroatoms. The van der Waals surface area contributed by atoms with Crippen molar-refractivity contribution in [2.45, 2.75) is 23.8 Å². The second-order valence-electron chi connectivity index (χ2n) is 4.87. The Kier molecular flexibility index (Phi) is 4.27. The van der Waals surface area contributed by atoms with E-state index in [0.717, 1.165) is 0 Å². The smallest absolute Gasteiger partial charge is 0.389 e. The minimum absolute atomic E-state index is 0.180. The molecule has 3 rings (SSSR count). The van der Waals surface area contributed by atoms with Crippen LogP contribution in [0.3, 0.4) is 0 Å². The van der Waals surface area contributed by atoms with E-state index in [1.165, 1.54) is 17.2 Å². The van der Waals surface area contributed by atoms with Crippen LogP contribution in [0.15, 0.2) is 12.7 Å². The number of phosphoric ester groups is 1. The van der Waals surface area contributed by atoms with E-state index in [1.807, 2.05) is 0 Å². The normalized spacial score (nSPS) is 28.5. The van der Waals surface area contributed by atoms with Crippen LogP contribution in [0.5, 0.6) is 0 Å². The molecular weight excluding hydrogens is 353 g/mol. The first-order chi connectivity index (χ1) is 10.8. The van der Waals surface area contributed by atoms with Gasteiger partial charge < -0.3 is 25.4 Å². The molecule has 11 nitrogen and oxygen atoms in total. The minimum atomic E-state index is -4.68. The number of rotatable bonds is 4. The van der Waals surface area contributed by atoms with Gasteiger partial charge in [0, 0.05) is 0 Å². The molecule has 1 aliphatic rings. The van der Waals surface area contributed by atoms with Gasteiger partial charge in [0.15, 0.2) is 17.7 Å². The van der Waals surface area contributed by atoms with Gasteiger partial charge in [-0.2, -0.15) is 0 Å². The molecule has 5 N–H and O–H groups in total. The van der Waals surface area contributed by atoms with Gasteiger partial charge in [-0.1, -0.05) is 0 Å². The number of aromatic nitrogens is 4. The van der Waals surface area contributed by atoms with Crippen molar-refractivity contribution >= 4 is 36.4 Å². The number of nitrogens with two attached hydrogens (primary N) is 1. The Morgan fingerprint density at radius 1 is 1.43 bits per heavy atom. The molecule has 0 spiro atoms. The maximum atomic E-state index is 10.8. The molecule has 1 fully saturated rings. The van der Waals surface area contributed by atoms with Crippen molar-refractivity contribution in [1.29, 1.82) is 0 Å². The summed E-state index contributed by atoms with van der Waals surface area (Å²) in [6.45, 7) is -0.519. The largest absolute Gasteiger partial charge is 0.469 e. The molecule has 0 radical (unpaired) electrons. The Bertz CT molecular complexity index is 767. The third kappa shape index (κ3) is 3.17. The van der Waals surface area contributed by atoms with Crippen molar-refractivity contribution in [3.05, 3.63) is 12.7 Å². The van der Waals surface area contributed by atoms with E-state index < -0.39 is 38.2 Å². The second kappa shape index (κ2) is 5.95. The molecule has 23 heavy (non-hydrogen) atoms. The molecule has 2 aromatic rings. The van der Waals surface area contributed by atoms with Gasteiger partial charge in [0.2, 0.25) is 0 Å². The summed E-state index contributed by atoms with van der Waals surface area (Å²) in [5, 5.41) is 9.16. The first-order valence-electron chi connectivity index (χ1n) is 6.38. The summed E-state index contributed by atoms with van der Waals surface area (Å²) in [4.78, 5) is 29.4. The van der Waals surface area contributed by atoms with Crippen LogP contribution in [0.1, 0.15) is 6.23 Å². The molecule has 4 atom stereocenters. The molecular formula is C10H13ClN5O6P. The number of aliphatic hydroxyl groups is 1. The topological polar surface area (TPSA) is 166 Å². The van der Waals surface area contributed by atoms with Crippen LogP contribution in [0.25, 0.3) is 11.2 Å². The highest BCUT2D eigenvalue weighted by atomic mass is 35.5. The Morgan fingerprint density at radius 2 is 2.17 bits per heavy atom. The van der Waals surface area contributed by atoms with Gasteiger partial charge in [0.05, 0.1) is 12.9 Å². The first-order valence-corrected chi connectivity index (χ1v) is 8.35. The number of fused-ring (bicyclic) bond motifs is 1. The minimum Gasteiger partial charge on any atom is -0.389 e. The van der Waals surface area contributed by atoms with Gasteiger partial charge in [-0.25, -0.2) is 19.5 Å². The predicted molar refractivity (Wildman–Crippen MR) is 77.3 cm³/mol. The lowest BCUT2D eigenvalue weighted by Crippen LogP contribution is -2.30. The SMILES string of the molecule is Nc1ncnc2c1ncn2C1OC(COP(=O)(O)O)C(O)C1Cl. The van der Waals surface area contributed by atoms with Gasteiger partial charge in [-0.05, 0) is 0 Å². The average Bonchev–Trinajstić information content (AvgIpc) is 3.01. The Morgan fingerprint density at radius 3 is 2.87 bits per heavy atom. The molecule has 2 aromatic heterocycles. The Hall–Kier alpha value is -1.33. The highest BCUT2D eigenvalue weighted by molar-refractivity contribution is 7.46. The number of anilines is 1. The number of aliphatic hydroxyl groups excluding tert-OH is 1. The highest BCUT2D eigenvalue weighted by Gasteiger charge is 2.45. The number of hydrogen-bond donors (Lipinski definition) is 4. The molecule has 0 aromatic carbocycles. The third-order valence-corrected chi connectivity index (χ3v) is 4.32. The van der Waals surface area contributed by atoms with Crippen molar-refractivity contribution < 1.29 is 28.7 Å². The zero-order valence-electron chi connectivity index (χ0n) is 11.4. The molecule has 0 amide bonds. The fourth-order valence-electron chi connectivity index (χ4n) is 2.29. The number of phosphoric acid groups is 1. The maximum absolute atomic E-state index is 10.8. The summed E-state index contributed by atoms with van der Waals surface area (Å²) in [5.41, 5.74) is 6.41. The lowest BCUT2D eigenvalue weighted by atomic mass is 10.2. The standard InChI is InChI=1S/C10H13ClN5O6P/c11-5-7(17)4(1-21-23(18,19)20)22-10(5)16-3-15-6-8(12)13-2-14-9(6)16/h2-5,7,10,17H,1H2,(H2,12,13,14)(H2,18,19,20). The van der Waals surface area contributed by atoms with Crippen molar-refractivity contribution in [2.75, 3.05) is 12.3 Å². The van der Waals surface area contributed by atoms with Crippen LogP contribution in [0, 0.1) is 0 Å². The van der Waals surface area contributed by atoms with Gasteiger partial charge in [0.1, 0.15) is 29.4 Å². The number of alkyl halides is 1. The van der Waals surface area contributed by atoms with Crippen LogP contribution in [0.2, 0.25) is 0 Å². The van der Waals surface area contributed by atoms with Gasteiger partial charge in [-0.15, -0.1) is 11.6 Å². The van der Waals surface area contributed by atoms with Crippen molar-refractivity contribution in [2.24, 2.45) is 0 Å². The number of imidazole rings is 1. The summed E-state index contributed by atoms with van der Waals surface area (Å²) in [7, 11) is -4.68. The molecule has 126 valence electrons. The number of halogens is 1. The van der Waals surface area contributed by atoms with Crippen molar-refractivity contribution in [1.82, 2.24) is 19.5 Å². The second-order valence-corrected chi connectivity index (χ2v) is 6.61. The molecule has 1 aliphatic heterocycles. The number of ether oxygens (including phenoxy) is 1. The molecule has 3 heterocycles. The van der Waals surface area contributed by atoms with E-state index in [4.69, 9.17) is 31.9 Å². The summed E-state index contributed by atoms with van der Waals surface area (Å²) < 4.78 is 22.1. The van der Waals surface area contributed by atoms with Gasteiger partial charge >= 0.3 is 7.82 Å². The van der Waals surface area contributed by atoms with Crippen LogP contribution in [-0.2, 0) is 13.8 Å². The van der Waals surface area contributed by atoms with Crippen molar-refractivity contribution in [3.8, 4) is 0 Å². The van der Waals surface area contributed by atoms with E-state index in [2.05, 4.69) is 19.5 Å². The van der Waals surface area contributed by atoms with E-state index in [1.54, 1.807) is 0 Å². The quantitative estimate of drug-likeness (QED) is 0.405. The monoisotopic (exact) mass is 365 g/mol.